The Morgan fingerprint density at radius 2 is 1.89 bits per heavy atom. The van der Waals surface area contributed by atoms with E-state index in [1.807, 2.05) is 13.0 Å². The zero-order chi connectivity index (χ0) is 24.7. The van der Waals surface area contributed by atoms with E-state index in [0.717, 1.165) is 46.9 Å². The van der Waals surface area contributed by atoms with Gasteiger partial charge in [-0.05, 0) is 68.0 Å². The minimum Gasteiger partial charge on any atom is -0.339 e. The molecule has 1 aromatic heterocycles. The van der Waals surface area contributed by atoms with Gasteiger partial charge in [0.1, 0.15) is 11.6 Å². The molecule has 1 atom stereocenters. The van der Waals surface area contributed by atoms with Gasteiger partial charge in [0.2, 0.25) is 0 Å². The van der Waals surface area contributed by atoms with Crippen molar-refractivity contribution >= 4 is 11.5 Å². The maximum absolute atomic E-state index is 14.3. The lowest BCUT2D eigenvalue weighted by atomic mass is 9.80. The Morgan fingerprint density at radius 1 is 1.09 bits per heavy atom. The van der Waals surface area contributed by atoms with Gasteiger partial charge in [-0.2, -0.15) is 13.2 Å². The van der Waals surface area contributed by atoms with Gasteiger partial charge in [0.05, 0.1) is 11.3 Å². The van der Waals surface area contributed by atoms with Crippen LogP contribution in [0.15, 0.2) is 48.0 Å². The third-order valence-electron chi connectivity index (χ3n) is 6.85. The van der Waals surface area contributed by atoms with Crippen molar-refractivity contribution in [3.8, 4) is 11.4 Å². The quantitative estimate of drug-likeness (QED) is 0.407. The molecule has 0 saturated heterocycles. The average Bonchev–Trinajstić information content (AvgIpc) is 2.84. The molecule has 0 spiro atoms. The molecule has 8 heteroatoms. The molecule has 5 rings (SSSR count). The highest BCUT2D eigenvalue weighted by atomic mass is 19.4. The second kappa shape index (κ2) is 9.07. The van der Waals surface area contributed by atoms with Crippen LogP contribution in [0.5, 0.6) is 0 Å². The third kappa shape index (κ3) is 4.43. The molecule has 2 N–H and O–H groups in total. The van der Waals surface area contributed by atoms with E-state index < -0.39 is 11.7 Å². The van der Waals surface area contributed by atoms with Crippen LogP contribution < -0.4 is 10.6 Å². The maximum atomic E-state index is 14.3. The second-order valence-electron chi connectivity index (χ2n) is 9.11. The summed E-state index contributed by atoms with van der Waals surface area (Å²) in [6.07, 6.45) is -2.15. The van der Waals surface area contributed by atoms with Crippen LogP contribution in [-0.4, -0.2) is 16.5 Å². The topological polar surface area (TPSA) is 49.8 Å². The number of fused-ring (bicyclic) bond motifs is 2. The van der Waals surface area contributed by atoms with Crippen LogP contribution in [0.1, 0.15) is 60.6 Å². The lowest BCUT2D eigenvalue weighted by Gasteiger charge is -2.30. The molecule has 0 saturated carbocycles. The Hall–Kier alpha value is -3.26. The molecule has 0 fully saturated rings. The van der Waals surface area contributed by atoms with E-state index in [2.05, 4.69) is 27.5 Å². The van der Waals surface area contributed by atoms with E-state index in [9.17, 15) is 17.6 Å². The van der Waals surface area contributed by atoms with Crippen LogP contribution >= 0.6 is 0 Å². The summed E-state index contributed by atoms with van der Waals surface area (Å²) in [5.74, 6) is 0.445. The van der Waals surface area contributed by atoms with Crippen LogP contribution in [0, 0.1) is 5.82 Å². The van der Waals surface area contributed by atoms with Gasteiger partial charge in [-0.25, -0.2) is 14.4 Å². The zero-order valence-electron chi connectivity index (χ0n) is 19.6. The molecule has 35 heavy (non-hydrogen) atoms. The second-order valence-corrected chi connectivity index (χ2v) is 9.11. The molecule has 182 valence electrons. The summed E-state index contributed by atoms with van der Waals surface area (Å²) in [6, 6.07) is 10.2. The highest BCUT2D eigenvalue weighted by Crippen LogP contribution is 2.42. The maximum Gasteiger partial charge on any atom is 0.417 e. The van der Waals surface area contributed by atoms with Crippen molar-refractivity contribution < 1.29 is 17.6 Å². The van der Waals surface area contributed by atoms with Crippen molar-refractivity contribution in [2.24, 2.45) is 0 Å². The number of alkyl halides is 3. The van der Waals surface area contributed by atoms with Gasteiger partial charge in [-0.3, -0.25) is 0 Å². The van der Waals surface area contributed by atoms with Crippen LogP contribution in [0.4, 0.5) is 23.4 Å². The first kappa shape index (κ1) is 23.5. The van der Waals surface area contributed by atoms with E-state index in [4.69, 9.17) is 0 Å². The lowest BCUT2D eigenvalue weighted by molar-refractivity contribution is -0.137. The number of halogens is 4. The van der Waals surface area contributed by atoms with Crippen molar-refractivity contribution in [3.05, 3.63) is 81.8 Å². The molecule has 0 amide bonds. The molecule has 2 aromatic carbocycles. The predicted octanol–water partition coefficient (Wildman–Crippen LogP) is 6.69. The monoisotopic (exact) mass is 482 g/mol. The minimum atomic E-state index is -4.53. The van der Waals surface area contributed by atoms with E-state index in [-0.39, 0.29) is 23.1 Å². The van der Waals surface area contributed by atoms with Gasteiger partial charge in [0.25, 0.3) is 0 Å². The molecular weight excluding hydrogens is 456 g/mol. The summed E-state index contributed by atoms with van der Waals surface area (Å²) >= 11 is 0. The average molecular weight is 483 g/mol. The molecule has 0 radical (unpaired) electrons. The number of benzene rings is 2. The van der Waals surface area contributed by atoms with Crippen LogP contribution in [0.3, 0.4) is 0 Å². The number of nitrogens with one attached hydrogen (secondary N) is 2. The Balaban J connectivity index is 1.65. The van der Waals surface area contributed by atoms with E-state index >= 15 is 0 Å². The summed E-state index contributed by atoms with van der Waals surface area (Å²) < 4.78 is 55.5. The SMILES string of the molecule is CCC1CC(C)=C(Nc2nc(-c3ccccc3C(F)(F)F)nc3c2CCNC3)c2cc(F)ccc21. The normalized spacial score (nSPS) is 17.7. The van der Waals surface area contributed by atoms with E-state index in [1.54, 1.807) is 6.07 Å². The standard InChI is InChI=1S/C27H26F4N4/c1-3-16-12-15(2)24(21-13-17(28)8-9-18(16)21)34-26-20-10-11-32-14-23(20)33-25(35-26)19-6-4-5-7-22(19)27(29,30)31/h4-9,13,16,32H,3,10-12,14H2,1-2H3,(H,33,34,35). The number of hydrogen-bond acceptors (Lipinski definition) is 4. The lowest BCUT2D eigenvalue weighted by Crippen LogP contribution is -2.27. The third-order valence-corrected chi connectivity index (χ3v) is 6.85. The number of rotatable bonds is 4. The molecule has 2 heterocycles. The highest BCUT2D eigenvalue weighted by Gasteiger charge is 2.35. The summed E-state index contributed by atoms with van der Waals surface area (Å²) in [5.41, 5.74) is 4.36. The summed E-state index contributed by atoms with van der Waals surface area (Å²) in [6.45, 7) is 5.27. The fraction of sp³-hybridized carbons (Fsp3) is 0.333. The zero-order valence-corrected chi connectivity index (χ0v) is 19.6. The summed E-state index contributed by atoms with van der Waals surface area (Å²) in [7, 11) is 0. The van der Waals surface area contributed by atoms with Crippen molar-refractivity contribution in [1.29, 1.82) is 0 Å². The number of aromatic nitrogens is 2. The Kier molecular flexibility index (Phi) is 6.09. The molecule has 3 aromatic rings. The van der Waals surface area contributed by atoms with Crippen LogP contribution in [0.25, 0.3) is 17.1 Å². The number of hydrogen-bond donors (Lipinski definition) is 2. The molecule has 2 aliphatic rings. The molecule has 1 unspecified atom stereocenters. The van der Waals surface area contributed by atoms with Crippen molar-refractivity contribution in [1.82, 2.24) is 15.3 Å². The Morgan fingerprint density at radius 3 is 2.66 bits per heavy atom. The number of nitrogens with zero attached hydrogens (tertiary/aromatic N) is 2. The number of allylic oxidation sites excluding steroid dienone is 1. The molecule has 1 aliphatic carbocycles. The molecule has 1 aliphatic heterocycles. The fourth-order valence-electron chi connectivity index (χ4n) is 5.08. The molecule has 4 nitrogen and oxygen atoms in total. The van der Waals surface area contributed by atoms with Crippen molar-refractivity contribution in [2.45, 2.75) is 51.7 Å². The summed E-state index contributed by atoms with van der Waals surface area (Å²) in [4.78, 5) is 9.14. The van der Waals surface area contributed by atoms with Gasteiger partial charge < -0.3 is 10.6 Å². The Labute approximate surface area is 201 Å². The summed E-state index contributed by atoms with van der Waals surface area (Å²) in [5, 5.41) is 6.65. The van der Waals surface area contributed by atoms with Crippen LogP contribution in [-0.2, 0) is 19.1 Å². The molecule has 0 bridgehead atoms. The van der Waals surface area contributed by atoms with Crippen molar-refractivity contribution in [3.63, 3.8) is 0 Å². The van der Waals surface area contributed by atoms with E-state index in [0.29, 0.717) is 31.0 Å². The first-order chi connectivity index (χ1) is 16.8. The van der Waals surface area contributed by atoms with Crippen LogP contribution in [0.2, 0.25) is 0 Å². The van der Waals surface area contributed by atoms with Gasteiger partial charge in [-0.1, -0.05) is 31.2 Å². The van der Waals surface area contributed by atoms with Gasteiger partial charge in [0.15, 0.2) is 5.82 Å². The largest absolute Gasteiger partial charge is 0.417 e. The van der Waals surface area contributed by atoms with Gasteiger partial charge >= 0.3 is 6.18 Å². The highest BCUT2D eigenvalue weighted by molar-refractivity contribution is 5.83. The smallest absolute Gasteiger partial charge is 0.339 e. The Bertz CT molecular complexity index is 1310. The van der Waals surface area contributed by atoms with E-state index in [1.165, 1.54) is 24.3 Å². The number of anilines is 1. The first-order valence-corrected chi connectivity index (χ1v) is 11.8. The van der Waals surface area contributed by atoms with Crippen molar-refractivity contribution in [2.75, 3.05) is 11.9 Å². The predicted molar refractivity (Wildman–Crippen MR) is 128 cm³/mol. The van der Waals surface area contributed by atoms with Gasteiger partial charge in [-0.15, -0.1) is 0 Å². The minimum absolute atomic E-state index is 0.0165. The molecular formula is C27H26F4N4. The fourth-order valence-corrected chi connectivity index (χ4v) is 5.08. The van der Waals surface area contributed by atoms with Gasteiger partial charge in [0, 0.05) is 28.9 Å². The first-order valence-electron chi connectivity index (χ1n) is 11.8.